The lowest BCUT2D eigenvalue weighted by Gasteiger charge is -2.06. The van der Waals surface area contributed by atoms with E-state index in [2.05, 4.69) is 10.1 Å². The number of aromatic nitrogens is 3. The van der Waals surface area contributed by atoms with E-state index in [-0.39, 0.29) is 5.92 Å². The summed E-state index contributed by atoms with van der Waals surface area (Å²) in [4.78, 5) is 15.4. The van der Waals surface area contributed by atoms with Crippen molar-refractivity contribution in [3.8, 4) is 0 Å². The SMILES string of the molecule is CC1CC(C(=O)O)c2cnc3cc(Cl)nn3c21. The van der Waals surface area contributed by atoms with Crippen LogP contribution in [0.2, 0.25) is 5.15 Å². The highest BCUT2D eigenvalue weighted by molar-refractivity contribution is 6.29. The van der Waals surface area contributed by atoms with Gasteiger partial charge in [0.15, 0.2) is 10.8 Å². The zero-order chi connectivity index (χ0) is 12.2. The maximum atomic E-state index is 11.2. The first kappa shape index (κ1) is 10.5. The van der Waals surface area contributed by atoms with E-state index in [4.69, 9.17) is 11.6 Å². The van der Waals surface area contributed by atoms with E-state index in [0.717, 1.165) is 11.3 Å². The van der Waals surface area contributed by atoms with Crippen molar-refractivity contribution < 1.29 is 9.90 Å². The van der Waals surface area contributed by atoms with Gasteiger partial charge in [-0.1, -0.05) is 18.5 Å². The first-order chi connectivity index (χ1) is 8.08. The van der Waals surface area contributed by atoms with E-state index < -0.39 is 11.9 Å². The van der Waals surface area contributed by atoms with Crippen LogP contribution in [0.15, 0.2) is 12.3 Å². The van der Waals surface area contributed by atoms with Crippen LogP contribution in [0.3, 0.4) is 0 Å². The number of rotatable bonds is 1. The first-order valence-corrected chi connectivity index (χ1v) is 5.72. The van der Waals surface area contributed by atoms with Gasteiger partial charge in [-0.15, -0.1) is 0 Å². The molecule has 0 amide bonds. The van der Waals surface area contributed by atoms with Crippen molar-refractivity contribution in [2.24, 2.45) is 0 Å². The fraction of sp³-hybridized carbons (Fsp3) is 0.364. The Morgan fingerprint density at radius 2 is 2.41 bits per heavy atom. The lowest BCUT2D eigenvalue weighted by molar-refractivity contribution is -0.138. The van der Waals surface area contributed by atoms with Gasteiger partial charge in [0.1, 0.15) is 0 Å². The van der Waals surface area contributed by atoms with Gasteiger partial charge < -0.3 is 5.11 Å². The molecule has 2 atom stereocenters. The van der Waals surface area contributed by atoms with E-state index in [1.165, 1.54) is 0 Å². The molecule has 0 radical (unpaired) electrons. The molecule has 0 saturated carbocycles. The molecule has 0 aromatic carbocycles. The van der Waals surface area contributed by atoms with E-state index >= 15 is 0 Å². The molecule has 2 heterocycles. The van der Waals surface area contributed by atoms with Crippen molar-refractivity contribution in [2.45, 2.75) is 25.2 Å². The summed E-state index contributed by atoms with van der Waals surface area (Å²) in [5, 5.41) is 13.7. The van der Waals surface area contributed by atoms with Crippen molar-refractivity contribution in [3.63, 3.8) is 0 Å². The molecule has 1 N–H and O–H groups in total. The van der Waals surface area contributed by atoms with Crippen molar-refractivity contribution in [3.05, 3.63) is 28.7 Å². The van der Waals surface area contributed by atoms with Gasteiger partial charge in [0, 0.05) is 23.7 Å². The topological polar surface area (TPSA) is 67.5 Å². The number of carboxylic acid groups (broad SMARTS) is 1. The summed E-state index contributed by atoms with van der Waals surface area (Å²) in [5.74, 6) is -1.15. The van der Waals surface area contributed by atoms with Gasteiger partial charge in [-0.05, 0) is 6.42 Å². The van der Waals surface area contributed by atoms with Gasteiger partial charge in [0.25, 0.3) is 0 Å². The van der Waals surface area contributed by atoms with E-state index in [1.807, 2.05) is 6.92 Å². The Morgan fingerprint density at radius 3 is 3.12 bits per heavy atom. The lowest BCUT2D eigenvalue weighted by Crippen LogP contribution is -2.09. The van der Waals surface area contributed by atoms with Crippen molar-refractivity contribution in [1.29, 1.82) is 0 Å². The minimum Gasteiger partial charge on any atom is -0.481 e. The van der Waals surface area contributed by atoms with Crippen molar-refractivity contribution in [2.75, 3.05) is 0 Å². The quantitative estimate of drug-likeness (QED) is 0.842. The molecule has 6 heteroatoms. The van der Waals surface area contributed by atoms with Gasteiger partial charge in [-0.2, -0.15) is 5.10 Å². The molecule has 0 saturated heterocycles. The van der Waals surface area contributed by atoms with Crippen LogP contribution in [0.5, 0.6) is 0 Å². The van der Waals surface area contributed by atoms with E-state index in [1.54, 1.807) is 16.8 Å². The Bertz CT molecular complexity index is 622. The fourth-order valence-corrected chi connectivity index (χ4v) is 2.70. The lowest BCUT2D eigenvalue weighted by atomic mass is 10.0. The highest BCUT2D eigenvalue weighted by Gasteiger charge is 2.35. The molecule has 1 aliphatic rings. The standard InChI is InChI=1S/C11H10ClN3O2/c1-5-2-6(11(16)17)7-4-13-9-3-8(12)14-15(9)10(5)7/h3-6H,2H2,1H3,(H,16,17). The molecule has 5 nitrogen and oxygen atoms in total. The van der Waals surface area contributed by atoms with Crippen LogP contribution >= 0.6 is 11.6 Å². The van der Waals surface area contributed by atoms with Crippen LogP contribution < -0.4 is 0 Å². The summed E-state index contributed by atoms with van der Waals surface area (Å²) in [7, 11) is 0. The maximum absolute atomic E-state index is 11.2. The third-order valence-electron chi connectivity index (χ3n) is 3.25. The Hall–Kier alpha value is -1.62. The maximum Gasteiger partial charge on any atom is 0.311 e. The number of fused-ring (bicyclic) bond motifs is 3. The van der Waals surface area contributed by atoms with E-state index in [0.29, 0.717) is 17.2 Å². The molecule has 0 spiro atoms. The number of carboxylic acids is 1. The Labute approximate surface area is 102 Å². The largest absolute Gasteiger partial charge is 0.481 e. The summed E-state index contributed by atoms with van der Waals surface area (Å²) in [6, 6.07) is 1.67. The molecule has 2 aromatic rings. The minimum absolute atomic E-state index is 0.146. The zero-order valence-corrected chi connectivity index (χ0v) is 9.85. The average Bonchev–Trinajstić information content (AvgIpc) is 2.77. The summed E-state index contributed by atoms with van der Waals surface area (Å²) in [6.45, 7) is 2.00. The average molecular weight is 252 g/mol. The molecular weight excluding hydrogens is 242 g/mol. The monoisotopic (exact) mass is 251 g/mol. The summed E-state index contributed by atoms with van der Waals surface area (Å²) >= 11 is 5.84. The van der Waals surface area contributed by atoms with Gasteiger partial charge >= 0.3 is 5.97 Å². The van der Waals surface area contributed by atoms with Crippen LogP contribution in [-0.4, -0.2) is 25.7 Å². The normalized spacial score (nSPS) is 22.9. The van der Waals surface area contributed by atoms with Crippen LogP contribution in [0.1, 0.15) is 36.4 Å². The van der Waals surface area contributed by atoms with Gasteiger partial charge in [0.2, 0.25) is 0 Å². The molecule has 88 valence electrons. The molecule has 17 heavy (non-hydrogen) atoms. The minimum atomic E-state index is -0.810. The third-order valence-corrected chi connectivity index (χ3v) is 3.43. The second-order valence-electron chi connectivity index (χ2n) is 4.36. The van der Waals surface area contributed by atoms with Crippen LogP contribution in [0, 0.1) is 0 Å². The summed E-state index contributed by atoms with van der Waals surface area (Å²) in [6.07, 6.45) is 2.22. The number of aliphatic carboxylic acids is 1. The van der Waals surface area contributed by atoms with E-state index in [9.17, 15) is 9.90 Å². The zero-order valence-electron chi connectivity index (χ0n) is 9.09. The van der Waals surface area contributed by atoms with Gasteiger partial charge in [-0.3, -0.25) is 4.79 Å². The number of hydrogen-bond acceptors (Lipinski definition) is 3. The second-order valence-corrected chi connectivity index (χ2v) is 4.75. The Balaban J connectivity index is 2.30. The summed E-state index contributed by atoms with van der Waals surface area (Å²) in [5.41, 5.74) is 2.32. The Kier molecular flexibility index (Phi) is 2.13. The fourth-order valence-electron chi connectivity index (χ4n) is 2.52. The van der Waals surface area contributed by atoms with Crippen LogP contribution in [0.4, 0.5) is 0 Å². The van der Waals surface area contributed by atoms with Crippen molar-refractivity contribution in [1.82, 2.24) is 14.6 Å². The number of nitrogens with zero attached hydrogens (tertiary/aromatic N) is 3. The third kappa shape index (κ3) is 1.42. The molecule has 0 aliphatic heterocycles. The summed E-state index contributed by atoms with van der Waals surface area (Å²) < 4.78 is 1.66. The van der Waals surface area contributed by atoms with Gasteiger partial charge in [0.05, 0.1) is 11.6 Å². The smallest absolute Gasteiger partial charge is 0.311 e. The molecule has 1 aliphatic carbocycles. The van der Waals surface area contributed by atoms with Crippen molar-refractivity contribution >= 4 is 23.2 Å². The first-order valence-electron chi connectivity index (χ1n) is 5.35. The molecule has 2 unspecified atom stereocenters. The van der Waals surface area contributed by atoms with Crippen LogP contribution in [-0.2, 0) is 4.79 Å². The number of halogens is 1. The number of hydrogen-bond donors (Lipinski definition) is 1. The predicted octanol–water partition coefficient (Wildman–Crippen LogP) is 2.06. The molecular formula is C11H10ClN3O2. The van der Waals surface area contributed by atoms with Crippen LogP contribution in [0.25, 0.3) is 5.65 Å². The highest BCUT2D eigenvalue weighted by Crippen LogP contribution is 2.41. The predicted molar refractivity (Wildman–Crippen MR) is 61.4 cm³/mol. The Morgan fingerprint density at radius 1 is 1.65 bits per heavy atom. The molecule has 2 aromatic heterocycles. The molecule has 3 rings (SSSR count). The molecule has 0 bridgehead atoms. The molecule has 0 fully saturated rings. The van der Waals surface area contributed by atoms with Gasteiger partial charge in [-0.25, -0.2) is 9.50 Å². The number of carbonyl (C=O) groups is 1. The highest BCUT2D eigenvalue weighted by atomic mass is 35.5. The second kappa shape index (κ2) is 3.43.